The van der Waals surface area contributed by atoms with Gasteiger partial charge in [0.05, 0.1) is 0 Å². The Morgan fingerprint density at radius 2 is 1.89 bits per heavy atom. The number of nitrogens with one attached hydrogen (secondary N) is 1. The average Bonchev–Trinajstić information content (AvgIpc) is 3.26. The summed E-state index contributed by atoms with van der Waals surface area (Å²) < 4.78 is 0. The monoisotopic (exact) mass is 412 g/mol. The van der Waals surface area contributed by atoms with Crippen molar-refractivity contribution in [1.82, 2.24) is 19.9 Å². The molecule has 2 amide bonds. The van der Waals surface area contributed by atoms with E-state index in [4.69, 9.17) is 0 Å². The van der Waals surface area contributed by atoms with Crippen molar-refractivity contribution in [2.24, 2.45) is 0 Å². The number of thiazole rings is 1. The summed E-state index contributed by atoms with van der Waals surface area (Å²) in [5, 5.41) is 6.74. The molecule has 0 saturated carbocycles. The number of piperazine rings is 1. The number of hydrogen-bond donors (Lipinski definition) is 1. The highest BCUT2D eigenvalue weighted by Crippen LogP contribution is 2.28. The molecule has 1 aliphatic heterocycles. The van der Waals surface area contributed by atoms with Gasteiger partial charge in [0.2, 0.25) is 0 Å². The molecule has 28 heavy (non-hydrogen) atoms. The predicted molar refractivity (Wildman–Crippen MR) is 112 cm³/mol. The minimum absolute atomic E-state index is 0.0614. The van der Waals surface area contributed by atoms with Crippen LogP contribution in [0.4, 0.5) is 15.6 Å². The van der Waals surface area contributed by atoms with E-state index in [0.29, 0.717) is 18.2 Å². The summed E-state index contributed by atoms with van der Waals surface area (Å²) in [5.74, 6) is 0. The lowest BCUT2D eigenvalue weighted by Gasteiger charge is -2.34. The van der Waals surface area contributed by atoms with Crippen molar-refractivity contribution in [3.05, 3.63) is 53.8 Å². The first-order chi connectivity index (χ1) is 13.7. The molecular weight excluding hydrogens is 392 g/mol. The number of amides is 2. The lowest BCUT2D eigenvalue weighted by molar-refractivity contribution is 0.208. The Bertz CT molecular complexity index is 927. The fourth-order valence-corrected chi connectivity index (χ4v) is 4.46. The number of nitrogens with zero attached hydrogens (tertiary/aromatic N) is 5. The number of aromatic nitrogens is 3. The molecule has 3 aromatic rings. The Morgan fingerprint density at radius 3 is 2.57 bits per heavy atom. The van der Waals surface area contributed by atoms with E-state index in [1.165, 1.54) is 11.8 Å². The van der Waals surface area contributed by atoms with Crippen LogP contribution in [0.15, 0.2) is 58.3 Å². The smallest absolute Gasteiger partial charge is 0.321 e. The SMILES string of the molecule is Cc1cc(Sc2ncccn2)ccc1NC(=O)N1CCN(c2nccs2)CC1. The van der Waals surface area contributed by atoms with Crippen LogP contribution >= 0.6 is 23.1 Å². The van der Waals surface area contributed by atoms with E-state index < -0.39 is 0 Å². The quantitative estimate of drug-likeness (QED) is 0.658. The van der Waals surface area contributed by atoms with E-state index in [1.807, 2.05) is 41.6 Å². The Kier molecular flexibility index (Phi) is 5.73. The molecule has 0 radical (unpaired) electrons. The summed E-state index contributed by atoms with van der Waals surface area (Å²) in [6.07, 6.45) is 5.27. The van der Waals surface area contributed by atoms with Gasteiger partial charge in [-0.1, -0.05) is 0 Å². The van der Waals surface area contributed by atoms with Crippen LogP contribution in [-0.2, 0) is 0 Å². The second kappa shape index (κ2) is 8.57. The first kappa shape index (κ1) is 18.7. The van der Waals surface area contributed by atoms with Crippen molar-refractivity contribution in [3.8, 4) is 0 Å². The third kappa shape index (κ3) is 4.42. The van der Waals surface area contributed by atoms with Crippen molar-refractivity contribution in [2.45, 2.75) is 17.0 Å². The molecule has 0 unspecified atom stereocenters. The Balaban J connectivity index is 1.34. The summed E-state index contributed by atoms with van der Waals surface area (Å²) in [4.78, 5) is 30.6. The van der Waals surface area contributed by atoms with Gasteiger partial charge in [-0.2, -0.15) is 0 Å². The normalized spacial score (nSPS) is 14.2. The number of anilines is 2. The molecule has 0 spiro atoms. The highest BCUT2D eigenvalue weighted by Gasteiger charge is 2.22. The molecule has 3 heterocycles. The van der Waals surface area contributed by atoms with Crippen LogP contribution < -0.4 is 10.2 Å². The molecule has 1 aliphatic rings. The number of urea groups is 1. The lowest BCUT2D eigenvalue weighted by Crippen LogP contribution is -2.50. The van der Waals surface area contributed by atoms with Crippen LogP contribution in [0.5, 0.6) is 0 Å². The zero-order valence-electron chi connectivity index (χ0n) is 15.4. The van der Waals surface area contributed by atoms with E-state index >= 15 is 0 Å². The number of carbonyl (C=O) groups is 1. The summed E-state index contributed by atoms with van der Waals surface area (Å²) >= 11 is 3.13. The average molecular weight is 413 g/mol. The highest BCUT2D eigenvalue weighted by molar-refractivity contribution is 7.99. The fraction of sp³-hybridized carbons (Fsp3) is 0.263. The Labute approximate surface area is 171 Å². The van der Waals surface area contributed by atoms with Crippen LogP contribution in [0, 0.1) is 6.92 Å². The first-order valence-corrected chi connectivity index (χ1v) is 10.6. The fourth-order valence-electron chi connectivity index (χ4n) is 2.95. The molecule has 0 bridgehead atoms. The van der Waals surface area contributed by atoms with Gasteiger partial charge < -0.3 is 15.1 Å². The molecular formula is C19H20N6OS2. The van der Waals surface area contributed by atoms with Crippen LogP contribution in [-0.4, -0.2) is 52.1 Å². The van der Waals surface area contributed by atoms with Gasteiger partial charge in [-0.15, -0.1) is 11.3 Å². The molecule has 144 valence electrons. The molecule has 1 N–H and O–H groups in total. The van der Waals surface area contributed by atoms with Crippen LogP contribution in [0.1, 0.15) is 5.56 Å². The van der Waals surface area contributed by atoms with Gasteiger partial charge in [-0.05, 0) is 48.5 Å². The molecule has 0 aliphatic carbocycles. The minimum Gasteiger partial charge on any atom is -0.345 e. The molecule has 9 heteroatoms. The maximum Gasteiger partial charge on any atom is 0.321 e. The molecule has 2 aromatic heterocycles. The Hall–Kier alpha value is -2.65. The maximum atomic E-state index is 12.6. The molecule has 7 nitrogen and oxygen atoms in total. The van der Waals surface area contributed by atoms with Gasteiger partial charge in [0.15, 0.2) is 10.3 Å². The van der Waals surface area contributed by atoms with Gasteiger partial charge >= 0.3 is 6.03 Å². The third-order valence-electron chi connectivity index (χ3n) is 4.45. The van der Waals surface area contributed by atoms with E-state index in [2.05, 4.69) is 25.2 Å². The summed E-state index contributed by atoms with van der Waals surface area (Å²) in [6.45, 7) is 4.96. The van der Waals surface area contributed by atoms with E-state index in [9.17, 15) is 4.79 Å². The molecule has 0 atom stereocenters. The molecule has 1 aromatic carbocycles. The number of rotatable bonds is 4. The maximum absolute atomic E-state index is 12.6. The van der Waals surface area contributed by atoms with Crippen LogP contribution in [0.2, 0.25) is 0 Å². The lowest BCUT2D eigenvalue weighted by atomic mass is 10.2. The van der Waals surface area contributed by atoms with Gasteiger partial charge in [0.1, 0.15) is 0 Å². The standard InChI is InChI=1S/C19H20N6OS2/c1-14-13-15(28-17-20-5-2-6-21-17)3-4-16(14)23-18(26)24-8-10-25(11-9-24)19-22-7-12-27-19/h2-7,12-13H,8-11H2,1H3,(H,23,26). The number of hydrogen-bond acceptors (Lipinski definition) is 7. The molecule has 1 fully saturated rings. The van der Waals surface area contributed by atoms with Crippen molar-refractivity contribution in [3.63, 3.8) is 0 Å². The van der Waals surface area contributed by atoms with Gasteiger partial charge in [0, 0.05) is 60.7 Å². The van der Waals surface area contributed by atoms with E-state index in [-0.39, 0.29) is 6.03 Å². The van der Waals surface area contributed by atoms with Crippen molar-refractivity contribution < 1.29 is 4.79 Å². The van der Waals surface area contributed by atoms with E-state index in [0.717, 1.165) is 34.4 Å². The summed E-state index contributed by atoms with van der Waals surface area (Å²) in [6, 6.07) is 7.68. The van der Waals surface area contributed by atoms with Gasteiger partial charge in [-0.3, -0.25) is 0 Å². The number of aryl methyl sites for hydroxylation is 1. The topological polar surface area (TPSA) is 74.2 Å². The zero-order valence-corrected chi connectivity index (χ0v) is 17.0. The number of benzene rings is 1. The second-order valence-electron chi connectivity index (χ2n) is 6.33. The van der Waals surface area contributed by atoms with Crippen molar-refractivity contribution in [1.29, 1.82) is 0 Å². The van der Waals surface area contributed by atoms with Gasteiger partial charge in [-0.25, -0.2) is 19.7 Å². The van der Waals surface area contributed by atoms with Crippen molar-refractivity contribution >= 4 is 39.9 Å². The highest BCUT2D eigenvalue weighted by atomic mass is 32.2. The minimum atomic E-state index is -0.0614. The summed E-state index contributed by atoms with van der Waals surface area (Å²) in [5.41, 5.74) is 1.83. The van der Waals surface area contributed by atoms with Crippen LogP contribution in [0.25, 0.3) is 0 Å². The molecule has 4 rings (SSSR count). The van der Waals surface area contributed by atoms with E-state index in [1.54, 1.807) is 29.8 Å². The first-order valence-electron chi connectivity index (χ1n) is 8.95. The predicted octanol–water partition coefficient (Wildman–Crippen LogP) is 3.75. The third-order valence-corrected chi connectivity index (χ3v) is 6.16. The second-order valence-corrected chi connectivity index (χ2v) is 8.24. The largest absolute Gasteiger partial charge is 0.345 e. The Morgan fingerprint density at radius 1 is 1.11 bits per heavy atom. The zero-order chi connectivity index (χ0) is 19.3. The van der Waals surface area contributed by atoms with Gasteiger partial charge in [0.25, 0.3) is 0 Å². The van der Waals surface area contributed by atoms with Crippen LogP contribution in [0.3, 0.4) is 0 Å². The summed E-state index contributed by atoms with van der Waals surface area (Å²) in [7, 11) is 0. The number of carbonyl (C=O) groups excluding carboxylic acids is 1. The van der Waals surface area contributed by atoms with Crippen molar-refractivity contribution in [2.75, 3.05) is 36.4 Å². The molecule has 1 saturated heterocycles.